The van der Waals surface area contributed by atoms with Gasteiger partial charge in [0.05, 0.1) is 5.39 Å². The maximum Gasteiger partial charge on any atom is 0.142 e. The molecular formula is C21H25BrN6. The highest BCUT2D eigenvalue weighted by atomic mass is 79.9. The van der Waals surface area contributed by atoms with Crippen molar-refractivity contribution in [3.05, 3.63) is 40.9 Å². The molecule has 0 amide bonds. The minimum Gasteiger partial charge on any atom is -0.356 e. The summed E-state index contributed by atoms with van der Waals surface area (Å²) < 4.78 is 1.07. The Morgan fingerprint density at radius 2 is 1.93 bits per heavy atom. The van der Waals surface area contributed by atoms with Crippen molar-refractivity contribution < 1.29 is 0 Å². The van der Waals surface area contributed by atoms with Crippen LogP contribution in [0.1, 0.15) is 25.3 Å². The first-order chi connectivity index (χ1) is 13.5. The quantitative estimate of drug-likeness (QED) is 0.647. The fourth-order valence-corrected chi connectivity index (χ4v) is 5.20. The molecule has 28 heavy (non-hydrogen) atoms. The summed E-state index contributed by atoms with van der Waals surface area (Å²) in [5.74, 6) is 2.90. The van der Waals surface area contributed by atoms with E-state index in [4.69, 9.17) is 0 Å². The Morgan fingerprint density at radius 1 is 1.14 bits per heavy atom. The zero-order valence-corrected chi connectivity index (χ0v) is 17.9. The van der Waals surface area contributed by atoms with Gasteiger partial charge in [-0.1, -0.05) is 6.92 Å². The summed E-state index contributed by atoms with van der Waals surface area (Å²) in [5, 5.41) is 1.11. The molecule has 2 atom stereocenters. The van der Waals surface area contributed by atoms with Gasteiger partial charge in [-0.05, 0) is 59.3 Å². The molecule has 2 fully saturated rings. The molecule has 2 aliphatic rings. The van der Waals surface area contributed by atoms with Gasteiger partial charge in [0, 0.05) is 48.5 Å². The highest BCUT2D eigenvalue weighted by Gasteiger charge is 2.44. The number of hydrogen-bond acceptors (Lipinski definition) is 5. The van der Waals surface area contributed by atoms with Crippen molar-refractivity contribution in [2.45, 2.75) is 26.7 Å². The van der Waals surface area contributed by atoms with Gasteiger partial charge in [-0.15, -0.1) is 0 Å². The van der Waals surface area contributed by atoms with Crippen LogP contribution >= 0.6 is 15.9 Å². The summed E-state index contributed by atoms with van der Waals surface area (Å²) in [6.45, 7) is 8.77. The number of piperidine rings is 2. The fourth-order valence-electron chi connectivity index (χ4n) is 4.99. The van der Waals surface area contributed by atoms with Crippen LogP contribution in [0, 0.1) is 18.3 Å². The fraction of sp³-hybridized carbons (Fsp3) is 0.476. The van der Waals surface area contributed by atoms with E-state index in [1.54, 1.807) is 6.33 Å². The van der Waals surface area contributed by atoms with Crippen molar-refractivity contribution in [1.82, 2.24) is 19.9 Å². The lowest BCUT2D eigenvalue weighted by Gasteiger charge is -2.52. The highest BCUT2D eigenvalue weighted by Crippen LogP contribution is 2.44. The lowest BCUT2D eigenvalue weighted by molar-refractivity contribution is 0.125. The molecule has 6 nitrogen and oxygen atoms in total. The van der Waals surface area contributed by atoms with E-state index in [2.05, 4.69) is 71.6 Å². The molecule has 2 saturated heterocycles. The maximum absolute atomic E-state index is 4.68. The van der Waals surface area contributed by atoms with Crippen LogP contribution in [0.4, 0.5) is 11.6 Å². The van der Waals surface area contributed by atoms with Gasteiger partial charge in [0.1, 0.15) is 23.6 Å². The molecule has 1 N–H and O–H groups in total. The Morgan fingerprint density at radius 3 is 2.75 bits per heavy atom. The number of halogens is 1. The van der Waals surface area contributed by atoms with Gasteiger partial charge in [-0.25, -0.2) is 15.0 Å². The summed E-state index contributed by atoms with van der Waals surface area (Å²) in [7, 11) is 0. The van der Waals surface area contributed by atoms with Crippen LogP contribution in [0.2, 0.25) is 0 Å². The molecule has 0 radical (unpaired) electrons. The van der Waals surface area contributed by atoms with Gasteiger partial charge in [-0.3, -0.25) is 0 Å². The first kappa shape index (κ1) is 17.9. The molecule has 0 bridgehead atoms. The number of hydrogen-bond donors (Lipinski definition) is 1. The van der Waals surface area contributed by atoms with Crippen molar-refractivity contribution in [2.24, 2.45) is 11.3 Å². The molecule has 0 saturated carbocycles. The van der Waals surface area contributed by atoms with Gasteiger partial charge in [0.15, 0.2) is 0 Å². The van der Waals surface area contributed by atoms with Crippen LogP contribution in [0.25, 0.3) is 11.0 Å². The second-order valence-electron chi connectivity index (χ2n) is 8.50. The number of aryl methyl sites for hydroxylation is 1. The normalized spacial score (nSPS) is 25.2. The van der Waals surface area contributed by atoms with Gasteiger partial charge < -0.3 is 14.8 Å². The molecule has 0 spiro atoms. The van der Waals surface area contributed by atoms with Crippen LogP contribution in [-0.2, 0) is 0 Å². The van der Waals surface area contributed by atoms with Gasteiger partial charge in [-0.2, -0.15) is 0 Å². The summed E-state index contributed by atoms with van der Waals surface area (Å²) in [4.78, 5) is 21.8. The molecule has 7 heteroatoms. The molecule has 5 heterocycles. The number of nitrogens with zero attached hydrogens (tertiary/aromatic N) is 5. The maximum atomic E-state index is 4.68. The van der Waals surface area contributed by atoms with Crippen LogP contribution < -0.4 is 9.80 Å². The van der Waals surface area contributed by atoms with E-state index in [0.717, 1.165) is 59.2 Å². The minimum atomic E-state index is 0.215. The number of aromatic nitrogens is 4. The predicted molar refractivity (Wildman–Crippen MR) is 116 cm³/mol. The molecule has 146 valence electrons. The van der Waals surface area contributed by atoms with Crippen molar-refractivity contribution in [3.8, 4) is 0 Å². The van der Waals surface area contributed by atoms with Crippen LogP contribution in [0.5, 0.6) is 0 Å². The van der Waals surface area contributed by atoms with Crippen LogP contribution in [0.15, 0.2) is 35.3 Å². The van der Waals surface area contributed by atoms with E-state index in [-0.39, 0.29) is 5.41 Å². The van der Waals surface area contributed by atoms with Crippen molar-refractivity contribution in [1.29, 1.82) is 0 Å². The number of H-pyrrole nitrogens is 1. The molecule has 3 aromatic rings. The second kappa shape index (κ2) is 6.72. The number of pyridine rings is 1. The van der Waals surface area contributed by atoms with E-state index in [1.807, 2.05) is 12.4 Å². The molecule has 2 aliphatic heterocycles. The van der Waals surface area contributed by atoms with Gasteiger partial charge >= 0.3 is 0 Å². The second-order valence-corrected chi connectivity index (χ2v) is 9.35. The SMILES string of the molecule is Cc1cc(N2CCC3CCN(c4ncnc5[nH]ccc45)CC3(C)C2)ncc1Br. The summed E-state index contributed by atoms with van der Waals surface area (Å²) in [6, 6.07) is 4.28. The first-order valence-corrected chi connectivity index (χ1v) is 10.7. The molecule has 5 rings (SSSR count). The minimum absolute atomic E-state index is 0.215. The lowest BCUT2D eigenvalue weighted by atomic mass is 9.68. The zero-order chi connectivity index (χ0) is 19.3. The number of fused-ring (bicyclic) bond motifs is 2. The summed E-state index contributed by atoms with van der Waals surface area (Å²) in [6.07, 6.45) is 7.98. The Bertz CT molecular complexity index is 1020. The van der Waals surface area contributed by atoms with Gasteiger partial charge in [0.25, 0.3) is 0 Å². The number of nitrogens with one attached hydrogen (secondary N) is 1. The zero-order valence-electron chi connectivity index (χ0n) is 16.3. The average Bonchev–Trinajstić information content (AvgIpc) is 3.17. The topological polar surface area (TPSA) is 60.9 Å². The molecular weight excluding hydrogens is 416 g/mol. The van der Waals surface area contributed by atoms with Crippen molar-refractivity contribution >= 4 is 38.6 Å². The predicted octanol–water partition coefficient (Wildman–Crippen LogP) is 4.17. The lowest BCUT2D eigenvalue weighted by Crippen LogP contribution is -2.57. The Kier molecular flexibility index (Phi) is 4.30. The van der Waals surface area contributed by atoms with Crippen LogP contribution in [-0.4, -0.2) is 46.1 Å². The van der Waals surface area contributed by atoms with E-state index >= 15 is 0 Å². The number of rotatable bonds is 2. The van der Waals surface area contributed by atoms with E-state index < -0.39 is 0 Å². The third-order valence-corrected chi connectivity index (χ3v) is 7.40. The molecule has 0 aromatic carbocycles. The smallest absolute Gasteiger partial charge is 0.142 e. The van der Waals surface area contributed by atoms with Gasteiger partial charge in [0.2, 0.25) is 0 Å². The van der Waals surface area contributed by atoms with E-state index in [9.17, 15) is 0 Å². The van der Waals surface area contributed by atoms with E-state index in [1.165, 1.54) is 18.4 Å². The Labute approximate surface area is 173 Å². The van der Waals surface area contributed by atoms with Crippen molar-refractivity contribution in [3.63, 3.8) is 0 Å². The van der Waals surface area contributed by atoms with Crippen LogP contribution in [0.3, 0.4) is 0 Å². The molecule has 3 aromatic heterocycles. The highest BCUT2D eigenvalue weighted by molar-refractivity contribution is 9.10. The standard InChI is InChI=1S/C21H25BrN6/c1-14-9-18(24-10-17(14)22)27-7-4-15-5-8-28(12-21(15,2)11-27)20-16-3-6-23-19(16)25-13-26-20/h3,6,9-10,13,15H,4-5,7-8,11-12H2,1-2H3,(H,23,25,26). The third kappa shape index (κ3) is 2.96. The summed E-state index contributed by atoms with van der Waals surface area (Å²) >= 11 is 3.57. The van der Waals surface area contributed by atoms with Crippen molar-refractivity contribution in [2.75, 3.05) is 36.0 Å². The third-order valence-electron chi connectivity index (χ3n) is 6.57. The molecule has 2 unspecified atom stereocenters. The Balaban J connectivity index is 1.42. The average molecular weight is 441 g/mol. The monoisotopic (exact) mass is 440 g/mol. The summed E-state index contributed by atoms with van der Waals surface area (Å²) in [5.41, 5.74) is 2.36. The number of aromatic amines is 1. The van der Waals surface area contributed by atoms with E-state index in [0.29, 0.717) is 0 Å². The number of anilines is 2. The first-order valence-electron chi connectivity index (χ1n) is 9.94. The largest absolute Gasteiger partial charge is 0.356 e. The molecule has 0 aliphatic carbocycles. The Hall–Kier alpha value is -2.15.